The molecule has 0 spiro atoms. The van der Waals surface area contributed by atoms with Crippen LogP contribution in [0, 0.1) is 0 Å². The summed E-state index contributed by atoms with van der Waals surface area (Å²) in [5.41, 5.74) is 0.0256. The Labute approximate surface area is 116 Å². The van der Waals surface area contributed by atoms with E-state index in [1.54, 1.807) is 12.1 Å². The monoisotopic (exact) mass is 280 g/mol. The number of hydrogen-bond acceptors (Lipinski definition) is 6. The molecular weight excluding hydrogens is 264 g/mol. The summed E-state index contributed by atoms with van der Waals surface area (Å²) in [7, 11) is 0. The van der Waals surface area contributed by atoms with Gasteiger partial charge in [0.05, 0.1) is 17.7 Å². The first kappa shape index (κ1) is 15.8. The van der Waals surface area contributed by atoms with Crippen LogP contribution in [0.1, 0.15) is 40.5 Å². The highest BCUT2D eigenvalue weighted by atomic mass is 16.6. The van der Waals surface area contributed by atoms with Crippen LogP contribution in [-0.2, 0) is 14.3 Å². The van der Waals surface area contributed by atoms with Crippen molar-refractivity contribution in [1.29, 1.82) is 0 Å². The van der Waals surface area contributed by atoms with Gasteiger partial charge < -0.3 is 14.6 Å². The molecule has 0 aromatic heterocycles. The Morgan fingerprint density at radius 1 is 1.05 bits per heavy atom. The third-order valence-electron chi connectivity index (χ3n) is 2.39. The molecule has 0 amide bonds. The Morgan fingerprint density at radius 3 is 2.20 bits per heavy atom. The quantitative estimate of drug-likeness (QED) is 0.480. The molecule has 0 aliphatic carbocycles. The van der Waals surface area contributed by atoms with Crippen LogP contribution in [0.2, 0.25) is 0 Å². The van der Waals surface area contributed by atoms with E-state index in [2.05, 4.69) is 4.74 Å². The third kappa shape index (κ3) is 4.81. The molecule has 0 atom stereocenters. The van der Waals surface area contributed by atoms with E-state index in [1.807, 2.05) is 0 Å². The molecule has 0 aliphatic heterocycles. The van der Waals surface area contributed by atoms with E-state index >= 15 is 0 Å². The first-order chi connectivity index (χ1) is 9.56. The molecule has 6 nitrogen and oxygen atoms in total. The molecular formula is C14H16O6. The number of esters is 3. The van der Waals surface area contributed by atoms with Gasteiger partial charge in [-0.15, -0.1) is 0 Å². The van der Waals surface area contributed by atoms with E-state index in [4.69, 9.17) is 9.84 Å². The van der Waals surface area contributed by atoms with E-state index in [0.29, 0.717) is 12.8 Å². The maximum Gasteiger partial charge on any atom is 0.346 e. The molecule has 1 aromatic carbocycles. The van der Waals surface area contributed by atoms with Crippen LogP contribution in [0.5, 0.6) is 0 Å². The minimum Gasteiger partial charge on any atom is -0.462 e. The van der Waals surface area contributed by atoms with Gasteiger partial charge in [-0.25, -0.2) is 9.59 Å². The maximum atomic E-state index is 11.8. The second-order valence-electron chi connectivity index (χ2n) is 3.99. The van der Waals surface area contributed by atoms with E-state index in [-0.39, 0.29) is 24.3 Å². The fraction of sp³-hybridized carbons (Fsp3) is 0.357. The summed E-state index contributed by atoms with van der Waals surface area (Å²) in [5.74, 6) is -2.31. The first-order valence-corrected chi connectivity index (χ1v) is 6.16. The number of benzene rings is 1. The maximum absolute atomic E-state index is 11.8. The third-order valence-corrected chi connectivity index (χ3v) is 2.39. The van der Waals surface area contributed by atoms with Gasteiger partial charge in [-0.3, -0.25) is 4.79 Å². The van der Waals surface area contributed by atoms with Crippen molar-refractivity contribution >= 4 is 17.9 Å². The van der Waals surface area contributed by atoms with Crippen molar-refractivity contribution in [2.45, 2.75) is 19.8 Å². The first-order valence-electron chi connectivity index (χ1n) is 6.16. The zero-order valence-electron chi connectivity index (χ0n) is 11.1. The highest BCUT2D eigenvalue weighted by molar-refractivity contribution is 6.05. The van der Waals surface area contributed by atoms with Gasteiger partial charge >= 0.3 is 17.9 Å². The Kier molecular flexibility index (Phi) is 6.39. The summed E-state index contributed by atoms with van der Waals surface area (Å²) in [6, 6.07) is 5.94. The number of unbranched alkanes of at least 4 members (excludes halogenated alkanes) is 1. The molecule has 0 unspecified atom stereocenters. The van der Waals surface area contributed by atoms with Crippen molar-refractivity contribution in [3.8, 4) is 0 Å². The number of ether oxygens (including phenoxy) is 2. The molecule has 108 valence electrons. The Hall–Kier alpha value is -2.21. The van der Waals surface area contributed by atoms with Crippen LogP contribution in [0.15, 0.2) is 24.3 Å². The van der Waals surface area contributed by atoms with Crippen molar-refractivity contribution in [2.24, 2.45) is 0 Å². The number of carbonyl (C=O) groups is 3. The smallest absolute Gasteiger partial charge is 0.346 e. The fourth-order valence-corrected chi connectivity index (χ4v) is 1.48. The summed E-state index contributed by atoms with van der Waals surface area (Å²) in [6.45, 7) is 1.28. The average molecular weight is 280 g/mol. The lowest BCUT2D eigenvalue weighted by Crippen LogP contribution is -2.16. The summed E-state index contributed by atoms with van der Waals surface area (Å²) < 4.78 is 9.43. The van der Waals surface area contributed by atoms with E-state index in [1.165, 1.54) is 12.1 Å². The Morgan fingerprint density at radius 2 is 1.65 bits per heavy atom. The number of hydrogen-bond donors (Lipinski definition) is 1. The topological polar surface area (TPSA) is 89.9 Å². The molecule has 1 rings (SSSR count). The predicted molar refractivity (Wildman–Crippen MR) is 69.1 cm³/mol. The van der Waals surface area contributed by atoms with E-state index in [0.717, 1.165) is 6.92 Å². The van der Waals surface area contributed by atoms with Gasteiger partial charge in [0.2, 0.25) is 0 Å². The van der Waals surface area contributed by atoms with Gasteiger partial charge in [0.25, 0.3) is 0 Å². The molecule has 0 aliphatic rings. The summed E-state index contributed by atoms with van der Waals surface area (Å²) >= 11 is 0. The standard InChI is InChI=1S/C14H16O6/c1-10(16)20-14(18)12-7-3-2-6-11(12)13(17)19-9-5-4-8-15/h2-3,6-7,15H,4-5,8-9H2,1H3. The molecule has 6 heteroatoms. The van der Waals surface area contributed by atoms with Gasteiger partial charge in [0.15, 0.2) is 0 Å². The molecule has 0 saturated heterocycles. The zero-order chi connectivity index (χ0) is 15.0. The van der Waals surface area contributed by atoms with Crippen LogP contribution in [0.25, 0.3) is 0 Å². The van der Waals surface area contributed by atoms with Crippen molar-refractivity contribution < 1.29 is 29.0 Å². The summed E-state index contributed by atoms with van der Waals surface area (Å²) in [5, 5.41) is 8.62. The van der Waals surface area contributed by atoms with Crippen molar-refractivity contribution in [3.63, 3.8) is 0 Å². The molecule has 0 heterocycles. The summed E-state index contributed by atoms with van der Waals surface area (Å²) in [6.07, 6.45) is 1.06. The lowest BCUT2D eigenvalue weighted by atomic mass is 10.1. The second kappa shape index (κ2) is 8.06. The highest BCUT2D eigenvalue weighted by Crippen LogP contribution is 2.12. The van der Waals surface area contributed by atoms with Gasteiger partial charge in [-0.05, 0) is 25.0 Å². The lowest BCUT2D eigenvalue weighted by molar-refractivity contribution is -0.135. The predicted octanol–water partition coefficient (Wildman–Crippen LogP) is 1.32. The van der Waals surface area contributed by atoms with Crippen LogP contribution in [0.4, 0.5) is 0 Å². The Balaban J connectivity index is 2.76. The van der Waals surface area contributed by atoms with E-state index in [9.17, 15) is 14.4 Å². The summed E-state index contributed by atoms with van der Waals surface area (Å²) in [4.78, 5) is 34.3. The number of aliphatic hydroxyl groups is 1. The van der Waals surface area contributed by atoms with Crippen LogP contribution in [-0.4, -0.2) is 36.2 Å². The number of rotatable bonds is 6. The van der Waals surface area contributed by atoms with Gasteiger partial charge in [-0.2, -0.15) is 0 Å². The molecule has 20 heavy (non-hydrogen) atoms. The van der Waals surface area contributed by atoms with Gasteiger partial charge in [0, 0.05) is 13.5 Å². The van der Waals surface area contributed by atoms with Gasteiger partial charge in [0.1, 0.15) is 0 Å². The van der Waals surface area contributed by atoms with Crippen molar-refractivity contribution in [3.05, 3.63) is 35.4 Å². The molecule has 0 saturated carbocycles. The number of aliphatic hydroxyl groups excluding tert-OH is 1. The highest BCUT2D eigenvalue weighted by Gasteiger charge is 2.19. The largest absolute Gasteiger partial charge is 0.462 e. The Bertz CT molecular complexity index is 494. The normalized spacial score (nSPS) is 9.90. The average Bonchev–Trinajstić information content (AvgIpc) is 2.42. The van der Waals surface area contributed by atoms with Gasteiger partial charge in [-0.1, -0.05) is 12.1 Å². The fourth-order valence-electron chi connectivity index (χ4n) is 1.48. The molecule has 1 N–H and O–H groups in total. The minimum atomic E-state index is -0.889. The van der Waals surface area contributed by atoms with Crippen molar-refractivity contribution in [1.82, 2.24) is 0 Å². The molecule has 0 fully saturated rings. The van der Waals surface area contributed by atoms with Crippen molar-refractivity contribution in [2.75, 3.05) is 13.2 Å². The molecule has 1 aromatic rings. The number of carbonyl (C=O) groups excluding carboxylic acids is 3. The zero-order valence-corrected chi connectivity index (χ0v) is 11.1. The van der Waals surface area contributed by atoms with Crippen LogP contribution in [0.3, 0.4) is 0 Å². The van der Waals surface area contributed by atoms with Crippen LogP contribution >= 0.6 is 0 Å². The van der Waals surface area contributed by atoms with Crippen LogP contribution < -0.4 is 0 Å². The lowest BCUT2D eigenvalue weighted by Gasteiger charge is -2.08. The molecule has 0 bridgehead atoms. The van der Waals surface area contributed by atoms with E-state index < -0.39 is 17.9 Å². The minimum absolute atomic E-state index is 0.0186. The second-order valence-corrected chi connectivity index (χ2v) is 3.99. The molecule has 0 radical (unpaired) electrons. The SMILES string of the molecule is CC(=O)OC(=O)c1ccccc1C(=O)OCCCCO.